The number of carbonyl (C=O) groups is 2. The van der Waals surface area contributed by atoms with Gasteiger partial charge in [0, 0.05) is 12.8 Å². The van der Waals surface area contributed by atoms with Crippen LogP contribution in [0.1, 0.15) is 39.0 Å². The second-order valence-corrected chi connectivity index (χ2v) is 3.10. The number of carbonyl (C=O) groups excluding carboxylic acids is 2. The SMILES string of the molecule is CCOC(=O)C=[N+]=[N-].O=C1CCCCC1. The molecule has 0 aliphatic heterocycles. The van der Waals surface area contributed by atoms with Crippen molar-refractivity contribution in [1.82, 2.24) is 0 Å². The Labute approximate surface area is 89.0 Å². The largest absolute Gasteiger partial charge is 0.458 e. The summed E-state index contributed by atoms with van der Waals surface area (Å²) in [6.07, 6.45) is 5.94. The molecule has 1 aliphatic rings. The van der Waals surface area contributed by atoms with Gasteiger partial charge in [0.15, 0.2) is 0 Å². The summed E-state index contributed by atoms with van der Waals surface area (Å²) in [5.74, 6) is -0.166. The molecule has 0 aromatic heterocycles. The van der Waals surface area contributed by atoms with Crippen LogP contribution in [0.15, 0.2) is 0 Å². The third-order valence-electron chi connectivity index (χ3n) is 1.86. The van der Waals surface area contributed by atoms with E-state index in [1.165, 1.54) is 6.42 Å². The minimum Gasteiger partial charge on any atom is -0.458 e. The first kappa shape index (κ1) is 13.5. The molecule has 1 aliphatic carbocycles. The number of Topliss-reactive ketones (excluding diaryl/α,β-unsaturated/α-hetero) is 1. The highest BCUT2D eigenvalue weighted by atomic mass is 16.5. The monoisotopic (exact) mass is 212 g/mol. The van der Waals surface area contributed by atoms with Crippen molar-refractivity contribution < 1.29 is 19.1 Å². The van der Waals surface area contributed by atoms with Crippen molar-refractivity contribution in [3.63, 3.8) is 0 Å². The highest BCUT2D eigenvalue weighted by Gasteiger charge is 2.05. The molecule has 0 radical (unpaired) electrons. The maximum Gasteiger partial charge on any atom is 0.413 e. The van der Waals surface area contributed by atoms with Crippen molar-refractivity contribution in [3.05, 3.63) is 5.53 Å². The summed E-state index contributed by atoms with van der Waals surface area (Å²) in [6.45, 7) is 1.97. The molecule has 15 heavy (non-hydrogen) atoms. The van der Waals surface area contributed by atoms with Gasteiger partial charge < -0.3 is 10.3 Å². The summed E-state index contributed by atoms with van der Waals surface area (Å²) in [7, 11) is 0. The van der Waals surface area contributed by atoms with Gasteiger partial charge in [0.25, 0.3) is 0 Å². The summed E-state index contributed by atoms with van der Waals surface area (Å²) in [5, 5.41) is 0. The van der Waals surface area contributed by atoms with Crippen LogP contribution < -0.4 is 0 Å². The molecule has 0 spiro atoms. The van der Waals surface area contributed by atoms with E-state index < -0.39 is 5.97 Å². The van der Waals surface area contributed by atoms with Crippen LogP contribution in [0.2, 0.25) is 0 Å². The number of nitrogens with zero attached hydrogens (tertiary/aromatic N) is 2. The fourth-order valence-electron chi connectivity index (χ4n) is 1.17. The Morgan fingerprint density at radius 3 is 2.40 bits per heavy atom. The number of esters is 1. The zero-order valence-corrected chi connectivity index (χ0v) is 8.94. The smallest absolute Gasteiger partial charge is 0.413 e. The number of hydrogen-bond donors (Lipinski definition) is 0. The van der Waals surface area contributed by atoms with Crippen molar-refractivity contribution in [2.24, 2.45) is 0 Å². The van der Waals surface area contributed by atoms with E-state index >= 15 is 0 Å². The molecule has 0 unspecified atom stereocenters. The van der Waals surface area contributed by atoms with E-state index in [0.717, 1.165) is 25.7 Å². The molecular weight excluding hydrogens is 196 g/mol. The highest BCUT2D eigenvalue weighted by Crippen LogP contribution is 2.12. The standard InChI is InChI=1S/C6H10O.C4H6N2O2/c7-6-4-2-1-3-5-6;1-2-8-4(7)3-6-5/h1-5H2;3H,2H2,1H3. The Kier molecular flexibility index (Phi) is 8.19. The normalized spacial score (nSPS) is 14.3. The average molecular weight is 212 g/mol. The maximum absolute atomic E-state index is 10.5. The minimum absolute atomic E-state index is 0.296. The Balaban J connectivity index is 0.000000262. The molecule has 0 heterocycles. The quantitative estimate of drug-likeness (QED) is 0.300. The molecule has 0 saturated heterocycles. The van der Waals surface area contributed by atoms with Crippen LogP contribution in [0.3, 0.4) is 0 Å². The number of hydrogen-bond acceptors (Lipinski definition) is 3. The van der Waals surface area contributed by atoms with Crippen molar-refractivity contribution in [3.8, 4) is 0 Å². The molecule has 0 bridgehead atoms. The summed E-state index contributed by atoms with van der Waals surface area (Å²) >= 11 is 0. The number of ketones is 1. The minimum atomic E-state index is -0.630. The number of rotatable bonds is 2. The second kappa shape index (κ2) is 9.09. The van der Waals surface area contributed by atoms with Crippen molar-refractivity contribution >= 4 is 18.0 Å². The van der Waals surface area contributed by atoms with E-state index in [9.17, 15) is 9.59 Å². The van der Waals surface area contributed by atoms with E-state index in [4.69, 9.17) is 5.53 Å². The van der Waals surface area contributed by atoms with Gasteiger partial charge in [-0.25, -0.2) is 4.79 Å². The first-order chi connectivity index (χ1) is 7.20. The maximum atomic E-state index is 10.5. The highest BCUT2D eigenvalue weighted by molar-refractivity contribution is 6.20. The van der Waals surface area contributed by atoms with E-state index in [-0.39, 0.29) is 0 Å². The summed E-state index contributed by atoms with van der Waals surface area (Å²) in [6, 6.07) is 0. The summed E-state index contributed by atoms with van der Waals surface area (Å²) in [4.78, 5) is 23.0. The van der Waals surface area contributed by atoms with E-state index in [1.54, 1.807) is 6.92 Å². The first-order valence-corrected chi connectivity index (χ1v) is 5.06. The Morgan fingerprint density at radius 2 is 2.07 bits per heavy atom. The number of ether oxygens (including phenoxy) is 1. The van der Waals surface area contributed by atoms with Crippen LogP contribution in [-0.2, 0) is 14.3 Å². The molecule has 0 N–H and O–H groups in total. The van der Waals surface area contributed by atoms with Gasteiger partial charge in [-0.05, 0) is 19.8 Å². The molecule has 5 heteroatoms. The van der Waals surface area contributed by atoms with Gasteiger partial charge in [-0.1, -0.05) is 6.42 Å². The molecule has 1 fully saturated rings. The van der Waals surface area contributed by atoms with Crippen LogP contribution in [0.4, 0.5) is 0 Å². The third-order valence-corrected chi connectivity index (χ3v) is 1.86. The lowest BCUT2D eigenvalue weighted by atomic mass is 10.00. The molecule has 0 aromatic rings. The van der Waals surface area contributed by atoms with Crippen LogP contribution in [0.25, 0.3) is 5.53 Å². The average Bonchev–Trinajstić information content (AvgIpc) is 2.20. The van der Waals surface area contributed by atoms with Crippen molar-refractivity contribution in [2.45, 2.75) is 39.0 Å². The predicted octanol–water partition coefficient (Wildman–Crippen LogP) is 1.37. The summed E-state index contributed by atoms with van der Waals surface area (Å²) in [5.41, 5.74) is 7.73. The van der Waals surface area contributed by atoms with Gasteiger partial charge in [0.2, 0.25) is 0 Å². The van der Waals surface area contributed by atoms with Gasteiger partial charge in [-0.3, -0.25) is 4.79 Å². The van der Waals surface area contributed by atoms with Gasteiger partial charge in [-0.2, -0.15) is 4.79 Å². The zero-order valence-electron chi connectivity index (χ0n) is 8.94. The van der Waals surface area contributed by atoms with E-state index in [1.807, 2.05) is 0 Å². The Hall–Kier alpha value is -1.48. The van der Waals surface area contributed by atoms with Crippen LogP contribution >= 0.6 is 0 Å². The van der Waals surface area contributed by atoms with Gasteiger partial charge in [-0.15, -0.1) is 0 Å². The van der Waals surface area contributed by atoms with Crippen LogP contribution in [-0.4, -0.2) is 29.4 Å². The lowest BCUT2D eigenvalue weighted by Gasteiger charge is -2.05. The van der Waals surface area contributed by atoms with E-state index in [2.05, 4.69) is 9.53 Å². The Bertz CT molecular complexity index is 249. The van der Waals surface area contributed by atoms with Crippen LogP contribution in [0, 0.1) is 0 Å². The lowest BCUT2D eigenvalue weighted by molar-refractivity contribution is -0.138. The predicted molar refractivity (Wildman–Crippen MR) is 54.4 cm³/mol. The fraction of sp³-hybridized carbons (Fsp3) is 0.700. The molecule has 1 rings (SSSR count). The Morgan fingerprint density at radius 1 is 1.47 bits per heavy atom. The van der Waals surface area contributed by atoms with Crippen LogP contribution in [0.5, 0.6) is 0 Å². The molecule has 84 valence electrons. The summed E-state index contributed by atoms with van der Waals surface area (Å²) < 4.78 is 4.33. The van der Waals surface area contributed by atoms with Crippen molar-refractivity contribution in [1.29, 1.82) is 0 Å². The topological polar surface area (TPSA) is 79.8 Å². The van der Waals surface area contributed by atoms with Gasteiger partial charge >= 0.3 is 12.2 Å². The molecule has 0 aromatic carbocycles. The van der Waals surface area contributed by atoms with Gasteiger partial charge in [0.05, 0.1) is 6.61 Å². The molecular formula is C10H16N2O3. The molecule has 5 nitrogen and oxygen atoms in total. The lowest BCUT2D eigenvalue weighted by Crippen LogP contribution is -2.04. The molecule has 1 saturated carbocycles. The third kappa shape index (κ3) is 8.84. The first-order valence-electron chi connectivity index (χ1n) is 5.06. The van der Waals surface area contributed by atoms with Crippen molar-refractivity contribution in [2.75, 3.05) is 6.61 Å². The second-order valence-electron chi connectivity index (χ2n) is 3.10. The van der Waals surface area contributed by atoms with Gasteiger partial charge in [0.1, 0.15) is 5.78 Å². The van der Waals surface area contributed by atoms with E-state index in [0.29, 0.717) is 18.6 Å². The zero-order chi connectivity index (χ0) is 11.5. The molecule has 0 amide bonds. The fourth-order valence-corrected chi connectivity index (χ4v) is 1.17. The molecule has 0 atom stereocenters.